The third-order valence-electron chi connectivity index (χ3n) is 12.6. The second kappa shape index (κ2) is 14.8. The van der Waals surface area contributed by atoms with Crippen LogP contribution >= 0.6 is 0 Å². The quantitative estimate of drug-likeness (QED) is 0.208. The van der Waals surface area contributed by atoms with Crippen molar-refractivity contribution in [1.29, 1.82) is 0 Å². The van der Waals surface area contributed by atoms with Crippen LogP contribution in [-0.4, -0.2) is 78.3 Å². The van der Waals surface area contributed by atoms with Crippen molar-refractivity contribution in [3.63, 3.8) is 0 Å². The zero-order valence-electron chi connectivity index (χ0n) is 30.9. The van der Waals surface area contributed by atoms with E-state index in [1.807, 2.05) is 54.6 Å². The largest absolute Gasteiger partial charge is 0.496 e. The van der Waals surface area contributed by atoms with Gasteiger partial charge in [-0.3, -0.25) is 14.4 Å². The summed E-state index contributed by atoms with van der Waals surface area (Å²) in [7, 11) is 1.61. The van der Waals surface area contributed by atoms with Crippen LogP contribution in [0.3, 0.4) is 0 Å². The first-order chi connectivity index (χ1) is 25.0. The number of hydrogen-bond acceptors (Lipinski definition) is 8. The number of ether oxygens (including phenoxy) is 2. The summed E-state index contributed by atoms with van der Waals surface area (Å²) in [6.45, 7) is 9.39. The van der Waals surface area contributed by atoms with Crippen molar-refractivity contribution in [3.8, 4) is 22.6 Å². The molecule has 0 spiro atoms. The molecule has 10 nitrogen and oxygen atoms in total. The summed E-state index contributed by atoms with van der Waals surface area (Å²) >= 11 is 0. The number of benzene rings is 3. The zero-order valence-corrected chi connectivity index (χ0v) is 30.9. The molecule has 4 fully saturated rings. The Morgan fingerprint density at radius 3 is 2.58 bits per heavy atom. The van der Waals surface area contributed by atoms with Gasteiger partial charge in [0, 0.05) is 36.1 Å². The maximum atomic E-state index is 14.2. The number of carbonyl (C=O) groups is 2. The molecule has 1 saturated heterocycles. The number of carbonyl (C=O) groups excluding carboxylic acids is 2. The average molecular weight is 712 g/mol. The van der Waals surface area contributed by atoms with Crippen LogP contribution in [-0.2, 0) is 29.0 Å². The molecule has 4 N–H and O–H groups in total. The molecule has 52 heavy (non-hydrogen) atoms. The first-order valence-electron chi connectivity index (χ1n) is 18.8. The molecule has 8 atom stereocenters. The first kappa shape index (κ1) is 36.4. The first-order valence-corrected chi connectivity index (χ1v) is 18.8. The van der Waals surface area contributed by atoms with Crippen LogP contribution in [0, 0.1) is 29.1 Å². The normalized spacial score (nSPS) is 27.9. The molecule has 0 radical (unpaired) electrons. The predicted molar refractivity (Wildman–Crippen MR) is 198 cm³/mol. The Kier molecular flexibility index (Phi) is 10.4. The number of nitrogens with zero attached hydrogens (tertiary/aromatic N) is 1. The molecule has 2 heterocycles. The van der Waals surface area contributed by atoms with Gasteiger partial charge in [-0.05, 0) is 78.2 Å². The molecule has 3 saturated carbocycles. The highest BCUT2D eigenvalue weighted by Crippen LogP contribution is 2.61. The smallest absolute Gasteiger partial charge is 0.255 e. The van der Waals surface area contributed by atoms with E-state index < -0.39 is 24.2 Å². The molecule has 8 rings (SSSR count). The summed E-state index contributed by atoms with van der Waals surface area (Å²) in [5, 5.41) is 29.3. The van der Waals surface area contributed by atoms with Gasteiger partial charge in [-0.1, -0.05) is 69.3 Å². The van der Waals surface area contributed by atoms with E-state index >= 15 is 0 Å². The standard InChI is InChI=1S/C42H53N3O7/c1-24-33-20-30(42(33,3)4)21-34(24)44-41(49)37-36(25(2)47)35(23-46)52-45(37)22-28-12-9-13-31(38(28)50-5)29-18-27-15-17-51-39(27)32(19-29)40(48)43-16-14-26-10-7-6-8-11-26/h6-13,18-19,24-25,30,33-37,46-47H,14-17,20-23H2,1-5H3,(H,43,48)(H,44,49)/t24-,25-,30-,33-,34-,35-,36-,37-/m0/s1. The van der Waals surface area contributed by atoms with Gasteiger partial charge in [0.15, 0.2) is 0 Å². The van der Waals surface area contributed by atoms with Crippen LogP contribution in [0.2, 0.25) is 0 Å². The lowest BCUT2D eigenvalue weighted by Gasteiger charge is -2.62. The Hall–Kier alpha value is -3.96. The molecule has 3 aromatic rings. The topological polar surface area (TPSA) is 130 Å². The Morgan fingerprint density at radius 2 is 1.88 bits per heavy atom. The fraction of sp³-hybridized carbons (Fsp3) is 0.524. The second-order valence-electron chi connectivity index (χ2n) is 15.8. The Morgan fingerprint density at radius 1 is 1.10 bits per heavy atom. The molecule has 0 unspecified atom stereocenters. The number of methoxy groups -OCH3 is 1. The van der Waals surface area contributed by atoms with E-state index in [1.54, 1.807) is 19.1 Å². The van der Waals surface area contributed by atoms with Crippen molar-refractivity contribution in [2.45, 2.75) is 84.2 Å². The Balaban J connectivity index is 1.14. The molecule has 2 aliphatic heterocycles. The fourth-order valence-corrected chi connectivity index (χ4v) is 9.52. The van der Waals surface area contributed by atoms with Gasteiger partial charge in [0.1, 0.15) is 23.6 Å². The molecule has 2 amide bonds. The van der Waals surface area contributed by atoms with E-state index in [9.17, 15) is 19.8 Å². The molecule has 278 valence electrons. The number of rotatable bonds is 12. The number of hydroxylamine groups is 2. The molecule has 10 heteroatoms. The maximum Gasteiger partial charge on any atom is 0.255 e. The number of hydrogen-bond donors (Lipinski definition) is 4. The average Bonchev–Trinajstić information content (AvgIpc) is 3.77. The number of nitrogens with one attached hydrogen (secondary N) is 2. The van der Waals surface area contributed by atoms with Crippen LogP contribution < -0.4 is 20.1 Å². The summed E-state index contributed by atoms with van der Waals surface area (Å²) < 4.78 is 12.0. The van der Waals surface area contributed by atoms with Crippen molar-refractivity contribution in [1.82, 2.24) is 15.7 Å². The van der Waals surface area contributed by atoms with Gasteiger partial charge < -0.3 is 30.3 Å². The predicted octanol–water partition coefficient (Wildman–Crippen LogP) is 4.93. The van der Waals surface area contributed by atoms with E-state index in [0.29, 0.717) is 60.8 Å². The van der Waals surface area contributed by atoms with Gasteiger partial charge in [-0.15, -0.1) is 0 Å². The SMILES string of the molecule is COc1c(CN2O[C@@H](CO)[C@H]([C@H](C)O)[C@H]2C(=O)N[C@H]2C[C@@H]3C[C@@H]([C@@H]2C)C3(C)C)cccc1-c1cc2c(c(C(=O)NCCc3ccccc3)c1)OCC2. The summed E-state index contributed by atoms with van der Waals surface area (Å²) in [5.41, 5.74) is 5.24. The van der Waals surface area contributed by atoms with Crippen LogP contribution in [0.5, 0.6) is 11.5 Å². The van der Waals surface area contributed by atoms with Gasteiger partial charge in [-0.2, -0.15) is 5.06 Å². The van der Waals surface area contributed by atoms with Gasteiger partial charge in [0.25, 0.3) is 5.91 Å². The minimum Gasteiger partial charge on any atom is -0.496 e. The van der Waals surface area contributed by atoms with Gasteiger partial charge in [0.2, 0.25) is 5.91 Å². The van der Waals surface area contributed by atoms with E-state index in [4.69, 9.17) is 14.3 Å². The zero-order chi connectivity index (χ0) is 36.7. The molecular formula is C42H53N3O7. The third kappa shape index (κ3) is 6.70. The lowest BCUT2D eigenvalue weighted by molar-refractivity contribution is -0.183. The summed E-state index contributed by atoms with van der Waals surface area (Å²) in [6, 6.07) is 19.0. The number of amides is 2. The summed E-state index contributed by atoms with van der Waals surface area (Å²) in [4.78, 5) is 34.1. The maximum absolute atomic E-state index is 14.2. The molecular weight excluding hydrogens is 658 g/mol. The molecule has 3 aromatic carbocycles. The number of fused-ring (bicyclic) bond motifs is 3. The number of aliphatic hydroxyl groups is 2. The van der Waals surface area contributed by atoms with Gasteiger partial charge in [0.05, 0.1) is 38.5 Å². The van der Waals surface area contributed by atoms with Crippen molar-refractivity contribution in [3.05, 3.63) is 82.9 Å². The highest BCUT2D eigenvalue weighted by Gasteiger charge is 2.57. The van der Waals surface area contributed by atoms with Crippen molar-refractivity contribution < 1.29 is 34.1 Å². The number of aliphatic hydroxyl groups excluding tert-OH is 2. The van der Waals surface area contributed by atoms with E-state index in [0.717, 1.165) is 34.2 Å². The van der Waals surface area contributed by atoms with Crippen molar-refractivity contribution in [2.24, 2.45) is 29.1 Å². The third-order valence-corrected chi connectivity index (χ3v) is 12.6. The Labute approximate surface area is 306 Å². The van der Waals surface area contributed by atoms with Crippen molar-refractivity contribution >= 4 is 11.8 Å². The fourth-order valence-electron chi connectivity index (χ4n) is 9.52. The summed E-state index contributed by atoms with van der Waals surface area (Å²) in [6.07, 6.45) is 1.90. The van der Waals surface area contributed by atoms with Crippen LogP contribution in [0.25, 0.3) is 11.1 Å². The molecule has 3 aliphatic carbocycles. The van der Waals surface area contributed by atoms with Crippen LogP contribution in [0.15, 0.2) is 60.7 Å². The summed E-state index contributed by atoms with van der Waals surface area (Å²) in [5.74, 6) is 1.64. The lowest BCUT2D eigenvalue weighted by Crippen LogP contribution is -2.62. The van der Waals surface area contributed by atoms with Crippen molar-refractivity contribution in [2.75, 3.05) is 26.9 Å². The van der Waals surface area contributed by atoms with Gasteiger partial charge in [-0.25, -0.2) is 0 Å². The highest BCUT2D eigenvalue weighted by atomic mass is 16.7. The van der Waals surface area contributed by atoms with Gasteiger partial charge >= 0.3 is 0 Å². The Bertz CT molecular complexity index is 1780. The minimum absolute atomic E-state index is 0.0420. The van der Waals surface area contributed by atoms with E-state index in [2.05, 4.69) is 37.5 Å². The second-order valence-corrected chi connectivity index (χ2v) is 15.8. The molecule has 5 aliphatic rings. The molecule has 0 aromatic heterocycles. The monoisotopic (exact) mass is 711 g/mol. The number of para-hydroxylation sites is 1. The van der Waals surface area contributed by atoms with E-state index in [1.165, 1.54) is 6.42 Å². The van der Waals surface area contributed by atoms with Crippen LogP contribution in [0.4, 0.5) is 0 Å². The van der Waals surface area contributed by atoms with E-state index in [-0.39, 0.29) is 36.4 Å². The lowest BCUT2D eigenvalue weighted by atomic mass is 9.45. The minimum atomic E-state index is -0.895. The molecule has 2 bridgehead atoms. The highest BCUT2D eigenvalue weighted by molar-refractivity contribution is 5.99. The van der Waals surface area contributed by atoms with Crippen LogP contribution in [0.1, 0.15) is 67.6 Å².